The van der Waals surface area contributed by atoms with Crippen LogP contribution >= 0.6 is 0 Å². The van der Waals surface area contributed by atoms with Crippen molar-refractivity contribution in [1.82, 2.24) is 0 Å². The zero-order chi connectivity index (χ0) is 33.1. The Morgan fingerprint density at radius 1 is 0.957 bits per heavy atom. The maximum absolute atomic E-state index is 11.0. The van der Waals surface area contributed by atoms with Gasteiger partial charge in [-0.25, -0.2) is 0 Å². The molecule has 2 heterocycles. The monoisotopic (exact) mass is 638 g/mol. The standard InChI is InChI=1S/C41H54O4Si/c1-29(2)16-15-17-30(3)22-34-23-31(4)26-41(44-34)27-33(37-25-38(42)32(5)24-39(37)45-41)28-43-46(40(6,7)8,35-18-11-9-12-19-35)36-20-13-10-14-21-36/h9-14,16,18-22,24,26-27,34,37-39,42H,15,17,23,25,28H2,1-8H3/t34-,37-,38?,39-,41+/m1/s1. The number of ether oxygens (including phenoxy) is 2. The number of aliphatic hydroxyl groups is 1. The Morgan fingerprint density at radius 2 is 1.59 bits per heavy atom. The van der Waals surface area contributed by atoms with Crippen LogP contribution in [-0.4, -0.2) is 44.1 Å². The first-order chi connectivity index (χ1) is 21.8. The molecule has 1 aliphatic carbocycles. The molecule has 46 heavy (non-hydrogen) atoms. The van der Waals surface area contributed by atoms with Crippen molar-refractivity contribution in [2.45, 2.75) is 110 Å². The van der Waals surface area contributed by atoms with Crippen LogP contribution in [-0.2, 0) is 13.9 Å². The fourth-order valence-corrected chi connectivity index (χ4v) is 12.0. The minimum atomic E-state index is -2.78. The molecule has 0 fully saturated rings. The molecule has 0 saturated carbocycles. The van der Waals surface area contributed by atoms with Crippen LogP contribution < -0.4 is 10.4 Å². The molecular weight excluding hydrogens is 585 g/mol. The van der Waals surface area contributed by atoms with E-state index in [0.717, 1.165) is 30.4 Å². The van der Waals surface area contributed by atoms with Crippen LogP contribution in [0.4, 0.5) is 0 Å². The van der Waals surface area contributed by atoms with Gasteiger partial charge in [-0.05, 0) is 99.0 Å². The average Bonchev–Trinajstić information content (AvgIpc) is 2.98. The minimum Gasteiger partial charge on any atom is -0.403 e. The molecule has 1 N–H and O–H groups in total. The van der Waals surface area contributed by atoms with Gasteiger partial charge in [0.2, 0.25) is 5.79 Å². The average molecular weight is 639 g/mol. The summed E-state index contributed by atoms with van der Waals surface area (Å²) < 4.78 is 21.2. The Bertz CT molecular complexity index is 1470. The lowest BCUT2D eigenvalue weighted by molar-refractivity contribution is -0.226. The summed E-state index contributed by atoms with van der Waals surface area (Å²) in [6, 6.07) is 21.6. The Kier molecular flexibility index (Phi) is 10.6. The summed E-state index contributed by atoms with van der Waals surface area (Å²) in [6.07, 6.45) is 13.7. The molecule has 4 nitrogen and oxygen atoms in total. The van der Waals surface area contributed by atoms with Gasteiger partial charge in [0.1, 0.15) is 0 Å². The third kappa shape index (κ3) is 7.50. The van der Waals surface area contributed by atoms with Crippen LogP contribution in [0, 0.1) is 5.92 Å². The van der Waals surface area contributed by atoms with Gasteiger partial charge in [-0.15, -0.1) is 0 Å². The van der Waals surface area contributed by atoms with Crippen molar-refractivity contribution in [3.8, 4) is 0 Å². The normalized spacial score (nSPS) is 27.0. The van der Waals surface area contributed by atoms with Crippen molar-refractivity contribution in [3.63, 3.8) is 0 Å². The molecule has 5 atom stereocenters. The molecule has 0 saturated heterocycles. The SMILES string of the molecule is CC(C)=CCCC(C)=C[C@@H]1CC(C)=C[C@]2(C=C(CO[Si](c3ccccc3)(c3ccccc3)C(C)(C)C)[C@H]3CC(O)C(C)=C[C@H]3O2)O1. The number of allylic oxidation sites excluding steroid dienone is 3. The predicted molar refractivity (Wildman–Crippen MR) is 193 cm³/mol. The Morgan fingerprint density at radius 3 is 2.17 bits per heavy atom. The van der Waals surface area contributed by atoms with Crippen LogP contribution in [0.5, 0.6) is 0 Å². The van der Waals surface area contributed by atoms with Gasteiger partial charge in [0, 0.05) is 5.92 Å². The Labute approximate surface area is 278 Å². The second-order valence-electron chi connectivity index (χ2n) is 14.9. The zero-order valence-electron chi connectivity index (χ0n) is 29.2. The van der Waals surface area contributed by atoms with E-state index in [1.807, 2.05) is 6.92 Å². The lowest BCUT2D eigenvalue weighted by atomic mass is 9.78. The van der Waals surface area contributed by atoms with E-state index in [-0.39, 0.29) is 23.2 Å². The van der Waals surface area contributed by atoms with Crippen molar-refractivity contribution < 1.29 is 19.0 Å². The summed E-state index contributed by atoms with van der Waals surface area (Å²) in [7, 11) is -2.78. The highest BCUT2D eigenvalue weighted by Crippen LogP contribution is 2.45. The van der Waals surface area contributed by atoms with Crippen molar-refractivity contribution >= 4 is 18.7 Å². The van der Waals surface area contributed by atoms with Crippen LogP contribution in [0.1, 0.15) is 81.1 Å². The van der Waals surface area contributed by atoms with E-state index in [2.05, 4.69) is 140 Å². The lowest BCUT2D eigenvalue weighted by Crippen LogP contribution is -2.67. The molecule has 5 rings (SSSR count). The fourth-order valence-electron chi connectivity index (χ4n) is 7.49. The van der Waals surface area contributed by atoms with E-state index in [1.165, 1.54) is 27.1 Å². The largest absolute Gasteiger partial charge is 0.403 e. The third-order valence-electron chi connectivity index (χ3n) is 9.75. The molecule has 2 aliphatic heterocycles. The van der Waals surface area contributed by atoms with E-state index in [0.29, 0.717) is 13.0 Å². The first-order valence-electron chi connectivity index (χ1n) is 17.0. The van der Waals surface area contributed by atoms with Gasteiger partial charge in [-0.2, -0.15) is 0 Å². The third-order valence-corrected chi connectivity index (χ3v) is 14.7. The fraction of sp³-hybridized carbons (Fsp3) is 0.463. The molecule has 246 valence electrons. The first kappa shape index (κ1) is 34.5. The molecule has 2 aromatic carbocycles. The van der Waals surface area contributed by atoms with Crippen molar-refractivity contribution in [2.24, 2.45) is 5.92 Å². The second-order valence-corrected chi connectivity index (χ2v) is 19.2. The van der Waals surface area contributed by atoms with Gasteiger partial charge in [-0.3, -0.25) is 0 Å². The molecule has 3 aliphatic rings. The molecule has 5 heteroatoms. The van der Waals surface area contributed by atoms with Gasteiger partial charge < -0.3 is 19.0 Å². The quantitative estimate of drug-likeness (QED) is 0.222. The highest BCUT2D eigenvalue weighted by atomic mass is 28.4. The Hall–Kier alpha value is -2.80. The summed E-state index contributed by atoms with van der Waals surface area (Å²) in [5.74, 6) is -0.991. The number of hydrogen-bond donors (Lipinski definition) is 1. The molecule has 0 aromatic heterocycles. The van der Waals surface area contributed by atoms with E-state index < -0.39 is 20.2 Å². The van der Waals surface area contributed by atoms with Crippen molar-refractivity contribution in [3.05, 3.63) is 119 Å². The lowest BCUT2D eigenvalue weighted by Gasteiger charge is -2.48. The zero-order valence-corrected chi connectivity index (χ0v) is 30.2. The second kappa shape index (κ2) is 14.1. The first-order valence-corrected chi connectivity index (χ1v) is 18.9. The number of benzene rings is 2. The maximum Gasteiger partial charge on any atom is 0.261 e. The summed E-state index contributed by atoms with van der Waals surface area (Å²) in [5, 5.41) is 13.4. The van der Waals surface area contributed by atoms with Crippen molar-refractivity contribution in [1.29, 1.82) is 0 Å². The van der Waals surface area contributed by atoms with Crippen LogP contribution in [0.2, 0.25) is 5.04 Å². The van der Waals surface area contributed by atoms with E-state index in [1.54, 1.807) is 0 Å². The van der Waals surface area contributed by atoms with Gasteiger partial charge in [0.25, 0.3) is 8.32 Å². The van der Waals surface area contributed by atoms with Gasteiger partial charge in [0.15, 0.2) is 0 Å². The molecule has 0 amide bonds. The van der Waals surface area contributed by atoms with E-state index >= 15 is 0 Å². The summed E-state index contributed by atoms with van der Waals surface area (Å²) in [6.45, 7) is 18.1. The summed E-state index contributed by atoms with van der Waals surface area (Å²) in [5.41, 5.74) is 6.03. The molecular formula is C41H54O4Si. The number of rotatable bonds is 9. The van der Waals surface area contributed by atoms with Gasteiger partial charge >= 0.3 is 0 Å². The van der Waals surface area contributed by atoms with Gasteiger partial charge in [-0.1, -0.05) is 116 Å². The van der Waals surface area contributed by atoms with E-state index in [9.17, 15) is 5.11 Å². The highest BCUT2D eigenvalue weighted by Gasteiger charge is 2.52. The molecule has 2 aromatic rings. The predicted octanol–water partition coefficient (Wildman–Crippen LogP) is 8.34. The number of fused-ring (bicyclic) bond motifs is 1. The van der Waals surface area contributed by atoms with Crippen LogP contribution in [0.3, 0.4) is 0 Å². The van der Waals surface area contributed by atoms with Gasteiger partial charge in [0.05, 0.1) is 24.9 Å². The summed E-state index contributed by atoms with van der Waals surface area (Å²) in [4.78, 5) is 0. The van der Waals surface area contributed by atoms with E-state index in [4.69, 9.17) is 13.9 Å². The molecule has 1 unspecified atom stereocenters. The highest BCUT2D eigenvalue weighted by molar-refractivity contribution is 6.99. The molecule has 0 bridgehead atoms. The molecule has 0 radical (unpaired) electrons. The summed E-state index contributed by atoms with van der Waals surface area (Å²) >= 11 is 0. The van der Waals surface area contributed by atoms with Crippen LogP contribution in [0.15, 0.2) is 119 Å². The molecule has 1 spiro atoms. The van der Waals surface area contributed by atoms with Crippen LogP contribution in [0.25, 0.3) is 0 Å². The smallest absolute Gasteiger partial charge is 0.261 e. The maximum atomic E-state index is 11.0. The number of aliphatic hydroxyl groups excluding tert-OH is 1. The van der Waals surface area contributed by atoms with Crippen molar-refractivity contribution in [2.75, 3.05) is 6.61 Å². The number of hydrogen-bond acceptors (Lipinski definition) is 4. The topological polar surface area (TPSA) is 47.9 Å². The minimum absolute atomic E-state index is 0.00146. The Balaban J connectivity index is 1.54.